The van der Waals surface area contributed by atoms with Crippen LogP contribution in [0.5, 0.6) is 0 Å². The van der Waals surface area contributed by atoms with Gasteiger partial charge in [0.25, 0.3) is 5.91 Å². The maximum absolute atomic E-state index is 12.5. The molecule has 0 aromatic heterocycles. The van der Waals surface area contributed by atoms with Gasteiger partial charge >= 0.3 is 0 Å². The van der Waals surface area contributed by atoms with Crippen LogP contribution in [0, 0.1) is 6.92 Å². The van der Waals surface area contributed by atoms with E-state index in [0.717, 1.165) is 18.7 Å². The second-order valence-corrected chi connectivity index (χ2v) is 8.29. The van der Waals surface area contributed by atoms with E-state index in [9.17, 15) is 4.79 Å². The Morgan fingerprint density at radius 2 is 1.56 bits per heavy atom. The molecule has 0 unspecified atom stereocenters. The van der Waals surface area contributed by atoms with Crippen molar-refractivity contribution < 1.29 is 4.79 Å². The van der Waals surface area contributed by atoms with Crippen molar-refractivity contribution in [2.75, 3.05) is 16.8 Å². The molecule has 0 radical (unpaired) electrons. The number of benzene rings is 4. The number of carbonyl (C=O) groups is 1. The fourth-order valence-electron chi connectivity index (χ4n) is 4.45. The van der Waals surface area contributed by atoms with Crippen molar-refractivity contribution in [3.05, 3.63) is 113 Å². The third-order valence-electron chi connectivity index (χ3n) is 6.14. The van der Waals surface area contributed by atoms with Crippen LogP contribution in [-0.4, -0.2) is 12.5 Å². The van der Waals surface area contributed by atoms with Gasteiger partial charge in [-0.2, -0.15) is 0 Å². The highest BCUT2D eigenvalue weighted by atomic mass is 16.1. The highest BCUT2D eigenvalue weighted by Crippen LogP contribution is 2.41. The van der Waals surface area contributed by atoms with Crippen LogP contribution >= 0.6 is 0 Å². The van der Waals surface area contributed by atoms with E-state index >= 15 is 0 Å². The Hall–Kier alpha value is -3.85. The third kappa shape index (κ3) is 3.78. The molecule has 0 heterocycles. The molecule has 4 aromatic carbocycles. The van der Waals surface area contributed by atoms with Gasteiger partial charge in [0.2, 0.25) is 0 Å². The number of anilines is 3. The molecular formula is C29H26N2O. The van der Waals surface area contributed by atoms with E-state index in [1.54, 1.807) is 0 Å². The number of aryl methyl sites for hydroxylation is 1. The number of amides is 1. The summed E-state index contributed by atoms with van der Waals surface area (Å²) < 4.78 is 0. The van der Waals surface area contributed by atoms with Crippen LogP contribution in [0.3, 0.4) is 0 Å². The molecule has 32 heavy (non-hydrogen) atoms. The SMILES string of the molecule is CCN(c1ccc(C)cc1)c1ccc2c(c1)-c1ccc(NC(=O)c3ccccc3)cc1C2. The van der Waals surface area contributed by atoms with Gasteiger partial charge in [0, 0.05) is 29.2 Å². The topological polar surface area (TPSA) is 32.3 Å². The van der Waals surface area contributed by atoms with Crippen LogP contribution in [0.1, 0.15) is 34.0 Å². The molecular weight excluding hydrogens is 392 g/mol. The summed E-state index contributed by atoms with van der Waals surface area (Å²) >= 11 is 0. The summed E-state index contributed by atoms with van der Waals surface area (Å²) in [4.78, 5) is 14.9. The number of nitrogens with zero attached hydrogens (tertiary/aromatic N) is 1. The minimum Gasteiger partial charge on any atom is -0.342 e. The summed E-state index contributed by atoms with van der Waals surface area (Å²) in [6.45, 7) is 5.20. The van der Waals surface area contributed by atoms with Crippen LogP contribution in [0.2, 0.25) is 0 Å². The number of rotatable bonds is 5. The van der Waals surface area contributed by atoms with Crippen molar-refractivity contribution in [3.63, 3.8) is 0 Å². The zero-order chi connectivity index (χ0) is 22.1. The van der Waals surface area contributed by atoms with Gasteiger partial charge < -0.3 is 10.2 Å². The monoisotopic (exact) mass is 418 g/mol. The van der Waals surface area contributed by atoms with E-state index in [0.29, 0.717) is 5.56 Å². The van der Waals surface area contributed by atoms with Gasteiger partial charge in [-0.25, -0.2) is 0 Å². The van der Waals surface area contributed by atoms with Gasteiger partial charge in [0.05, 0.1) is 0 Å². The Kier molecular flexibility index (Phi) is 5.24. The van der Waals surface area contributed by atoms with Crippen molar-refractivity contribution in [1.29, 1.82) is 0 Å². The third-order valence-corrected chi connectivity index (χ3v) is 6.14. The summed E-state index contributed by atoms with van der Waals surface area (Å²) in [7, 11) is 0. The maximum Gasteiger partial charge on any atom is 0.255 e. The molecule has 3 nitrogen and oxygen atoms in total. The minimum absolute atomic E-state index is 0.0833. The molecule has 0 saturated carbocycles. The summed E-state index contributed by atoms with van der Waals surface area (Å²) in [6.07, 6.45) is 0.886. The van der Waals surface area contributed by atoms with E-state index in [1.807, 2.05) is 36.4 Å². The van der Waals surface area contributed by atoms with Crippen molar-refractivity contribution in [2.24, 2.45) is 0 Å². The Morgan fingerprint density at radius 3 is 2.31 bits per heavy atom. The molecule has 1 aliphatic carbocycles. The first-order valence-electron chi connectivity index (χ1n) is 11.1. The lowest BCUT2D eigenvalue weighted by Crippen LogP contribution is -2.15. The maximum atomic E-state index is 12.5. The van der Waals surface area contributed by atoms with Gasteiger partial charge in [-0.05, 0) is 91.1 Å². The number of fused-ring (bicyclic) bond motifs is 3. The lowest BCUT2D eigenvalue weighted by Gasteiger charge is -2.24. The van der Waals surface area contributed by atoms with Crippen molar-refractivity contribution >= 4 is 23.0 Å². The Balaban J connectivity index is 1.42. The molecule has 0 fully saturated rings. The molecule has 3 heteroatoms. The standard InChI is InChI=1S/C29H26N2O/c1-3-31(25-13-9-20(2)10-14-25)26-15-11-22-17-23-18-24(12-16-27(23)28(22)19-26)30-29(32)21-7-5-4-6-8-21/h4-16,18-19H,3,17H2,1-2H3,(H,30,32). The highest BCUT2D eigenvalue weighted by molar-refractivity contribution is 6.04. The molecule has 5 rings (SSSR count). The molecule has 0 saturated heterocycles. The second kappa shape index (κ2) is 8.35. The molecule has 0 spiro atoms. The number of nitrogens with one attached hydrogen (secondary N) is 1. The second-order valence-electron chi connectivity index (χ2n) is 8.29. The van der Waals surface area contributed by atoms with Gasteiger partial charge in [0.1, 0.15) is 0 Å². The Morgan fingerprint density at radius 1 is 0.812 bits per heavy atom. The number of hydrogen-bond acceptors (Lipinski definition) is 2. The fourth-order valence-corrected chi connectivity index (χ4v) is 4.45. The molecule has 158 valence electrons. The summed E-state index contributed by atoms with van der Waals surface area (Å²) in [6, 6.07) is 31.0. The van der Waals surface area contributed by atoms with Crippen LogP contribution < -0.4 is 10.2 Å². The molecule has 0 atom stereocenters. The highest BCUT2D eigenvalue weighted by Gasteiger charge is 2.21. The summed E-state index contributed by atoms with van der Waals surface area (Å²) in [5, 5.41) is 3.03. The molecule has 1 N–H and O–H groups in total. The summed E-state index contributed by atoms with van der Waals surface area (Å²) in [5.74, 6) is -0.0833. The van der Waals surface area contributed by atoms with E-state index in [2.05, 4.69) is 78.7 Å². The van der Waals surface area contributed by atoms with Crippen LogP contribution in [0.25, 0.3) is 11.1 Å². The molecule has 0 aliphatic heterocycles. The van der Waals surface area contributed by atoms with E-state index in [1.165, 1.54) is 39.2 Å². The Bertz CT molecular complexity index is 1280. The first kappa shape index (κ1) is 20.1. The minimum atomic E-state index is -0.0833. The van der Waals surface area contributed by atoms with Crippen LogP contribution in [-0.2, 0) is 6.42 Å². The molecule has 1 aliphatic rings. The van der Waals surface area contributed by atoms with E-state index < -0.39 is 0 Å². The Labute approximate surface area is 189 Å². The summed E-state index contributed by atoms with van der Waals surface area (Å²) in [5.41, 5.74) is 10.3. The predicted octanol–water partition coefficient (Wildman–Crippen LogP) is 6.98. The fraction of sp³-hybridized carbons (Fsp3) is 0.138. The first-order valence-corrected chi connectivity index (χ1v) is 11.1. The molecule has 1 amide bonds. The van der Waals surface area contributed by atoms with Crippen LogP contribution in [0.4, 0.5) is 17.1 Å². The zero-order valence-electron chi connectivity index (χ0n) is 18.4. The average Bonchev–Trinajstić information content (AvgIpc) is 3.18. The zero-order valence-corrected chi connectivity index (χ0v) is 18.4. The molecule has 0 bridgehead atoms. The van der Waals surface area contributed by atoms with Gasteiger partial charge in [-0.15, -0.1) is 0 Å². The quantitative estimate of drug-likeness (QED) is 0.334. The van der Waals surface area contributed by atoms with E-state index in [-0.39, 0.29) is 5.91 Å². The van der Waals surface area contributed by atoms with E-state index in [4.69, 9.17) is 0 Å². The van der Waals surface area contributed by atoms with Crippen molar-refractivity contribution in [2.45, 2.75) is 20.3 Å². The van der Waals surface area contributed by atoms with Gasteiger partial charge in [0.15, 0.2) is 0 Å². The van der Waals surface area contributed by atoms with Crippen molar-refractivity contribution in [1.82, 2.24) is 0 Å². The average molecular weight is 419 g/mol. The first-order chi connectivity index (χ1) is 15.6. The lowest BCUT2D eigenvalue weighted by atomic mass is 10.0. The lowest BCUT2D eigenvalue weighted by molar-refractivity contribution is 0.102. The van der Waals surface area contributed by atoms with Crippen molar-refractivity contribution in [3.8, 4) is 11.1 Å². The predicted molar refractivity (Wildman–Crippen MR) is 133 cm³/mol. The smallest absolute Gasteiger partial charge is 0.255 e. The van der Waals surface area contributed by atoms with Gasteiger partial charge in [-0.1, -0.05) is 48.0 Å². The number of hydrogen-bond donors (Lipinski definition) is 1. The molecule has 4 aromatic rings. The largest absolute Gasteiger partial charge is 0.342 e. The normalized spacial score (nSPS) is 11.6. The van der Waals surface area contributed by atoms with Crippen LogP contribution in [0.15, 0.2) is 91.0 Å². The van der Waals surface area contributed by atoms with Gasteiger partial charge in [-0.3, -0.25) is 4.79 Å². The number of carbonyl (C=O) groups excluding carboxylic acids is 1.